The first-order valence-electron chi connectivity index (χ1n) is 16.1. The van der Waals surface area contributed by atoms with Crippen molar-refractivity contribution in [2.75, 3.05) is 20.3 Å². The van der Waals surface area contributed by atoms with E-state index < -0.39 is 78.0 Å². The third-order valence-corrected chi connectivity index (χ3v) is 12.4. The molecule has 0 aromatic carbocycles. The fraction of sp³-hybridized carbons (Fsp3) is 0.938. The molecule has 43 heavy (non-hydrogen) atoms. The van der Waals surface area contributed by atoms with Crippen LogP contribution in [-0.2, 0) is 14.2 Å². The molecule has 248 valence electrons. The topological polar surface area (TPSA) is 190 Å². The molecule has 11 heteroatoms. The van der Waals surface area contributed by atoms with Crippen LogP contribution >= 0.6 is 0 Å². The lowest BCUT2D eigenvalue weighted by Gasteiger charge is -2.66. The van der Waals surface area contributed by atoms with Crippen LogP contribution in [0.1, 0.15) is 65.7 Å². The maximum Gasteiger partial charge on any atom is 0.186 e. The minimum absolute atomic E-state index is 0.0412. The molecule has 17 atom stereocenters. The zero-order valence-corrected chi connectivity index (χ0v) is 25.9. The Morgan fingerprint density at radius 3 is 2.33 bits per heavy atom. The second-order valence-electron chi connectivity index (χ2n) is 14.8. The van der Waals surface area contributed by atoms with Gasteiger partial charge in [-0.05, 0) is 67.1 Å². The van der Waals surface area contributed by atoms with Gasteiger partial charge in [0.2, 0.25) is 0 Å². The average Bonchev–Trinajstić information content (AvgIpc) is 3.21. The van der Waals surface area contributed by atoms with E-state index in [0.29, 0.717) is 25.7 Å². The highest BCUT2D eigenvalue weighted by Gasteiger charge is 2.71. The first-order chi connectivity index (χ1) is 20.2. The molecular weight excluding hydrogens is 560 g/mol. The third-order valence-electron chi connectivity index (χ3n) is 12.4. The van der Waals surface area contributed by atoms with Crippen molar-refractivity contribution in [1.29, 1.82) is 0 Å². The van der Waals surface area contributed by atoms with E-state index in [-0.39, 0.29) is 42.8 Å². The molecule has 4 saturated carbocycles. The SMILES string of the molecule is CO[C@@H]1[C@@H](O)[C@H](OC[C@@H](O)C/C=C/C(C)[C@H]2C[C@@H](O)C3[C@]4(O)C[C@H](O)C5[C@@H](O)[C@@H](O)CC[C@]5(C)C4CC[C@@]32C)OC[C@H]1O. The Morgan fingerprint density at radius 2 is 1.63 bits per heavy atom. The van der Waals surface area contributed by atoms with E-state index in [1.165, 1.54) is 7.11 Å². The number of hydrogen-bond donors (Lipinski definition) is 8. The first kappa shape index (κ1) is 33.7. The lowest BCUT2D eigenvalue weighted by atomic mass is 9.41. The number of methoxy groups -OCH3 is 1. The van der Waals surface area contributed by atoms with Gasteiger partial charge in [0.05, 0.1) is 49.3 Å². The Bertz CT molecular complexity index is 996. The minimum atomic E-state index is -1.28. The average molecular weight is 615 g/mol. The number of fused-ring (bicyclic) bond motifs is 5. The molecule has 1 aliphatic heterocycles. The van der Waals surface area contributed by atoms with Crippen LogP contribution in [0.3, 0.4) is 0 Å². The molecule has 4 aliphatic carbocycles. The van der Waals surface area contributed by atoms with Crippen molar-refractivity contribution in [2.45, 2.75) is 126 Å². The largest absolute Gasteiger partial charge is 0.393 e. The van der Waals surface area contributed by atoms with E-state index in [4.69, 9.17) is 14.2 Å². The summed E-state index contributed by atoms with van der Waals surface area (Å²) in [7, 11) is 1.39. The zero-order chi connectivity index (χ0) is 31.5. The Kier molecular flexibility index (Phi) is 9.77. The molecule has 5 aliphatic rings. The summed E-state index contributed by atoms with van der Waals surface area (Å²) in [5.41, 5.74) is -2.20. The summed E-state index contributed by atoms with van der Waals surface area (Å²) < 4.78 is 16.0. The molecule has 0 aromatic rings. The summed E-state index contributed by atoms with van der Waals surface area (Å²) in [4.78, 5) is 0. The van der Waals surface area contributed by atoms with Crippen molar-refractivity contribution in [3.05, 3.63) is 12.2 Å². The van der Waals surface area contributed by atoms with Crippen LogP contribution in [0.2, 0.25) is 0 Å². The van der Waals surface area contributed by atoms with Gasteiger partial charge in [-0.3, -0.25) is 0 Å². The van der Waals surface area contributed by atoms with E-state index >= 15 is 0 Å². The molecule has 5 fully saturated rings. The fourth-order valence-electron chi connectivity index (χ4n) is 10.5. The van der Waals surface area contributed by atoms with Crippen molar-refractivity contribution >= 4 is 0 Å². The maximum atomic E-state index is 12.4. The zero-order valence-electron chi connectivity index (χ0n) is 25.9. The Balaban J connectivity index is 1.22. The van der Waals surface area contributed by atoms with Gasteiger partial charge in [0.1, 0.15) is 18.3 Å². The van der Waals surface area contributed by atoms with Crippen LogP contribution in [0, 0.1) is 40.4 Å². The van der Waals surface area contributed by atoms with Gasteiger partial charge in [0.25, 0.3) is 0 Å². The van der Waals surface area contributed by atoms with E-state index in [2.05, 4.69) is 13.8 Å². The number of allylic oxidation sites excluding steroid dienone is 1. The van der Waals surface area contributed by atoms with E-state index in [1.807, 2.05) is 19.1 Å². The smallest absolute Gasteiger partial charge is 0.186 e. The van der Waals surface area contributed by atoms with Gasteiger partial charge in [0, 0.05) is 25.4 Å². The molecule has 5 rings (SSSR count). The highest BCUT2D eigenvalue weighted by molar-refractivity contribution is 5.21. The first-order valence-corrected chi connectivity index (χ1v) is 16.1. The maximum absolute atomic E-state index is 12.4. The van der Waals surface area contributed by atoms with Crippen molar-refractivity contribution < 1.29 is 55.1 Å². The predicted molar refractivity (Wildman–Crippen MR) is 154 cm³/mol. The number of ether oxygens (including phenoxy) is 3. The van der Waals surface area contributed by atoms with Gasteiger partial charge in [-0.25, -0.2) is 0 Å². The van der Waals surface area contributed by atoms with E-state index in [0.717, 1.165) is 12.8 Å². The normalized spacial score (nSPS) is 53.2. The number of aliphatic hydroxyl groups excluding tert-OH is 7. The fourth-order valence-corrected chi connectivity index (χ4v) is 10.5. The molecule has 4 unspecified atom stereocenters. The standard InChI is InChI=1S/C32H54O11/c1-16(6-5-7-17(33)14-42-29-26(39)27(41-4)22(37)15-43-29)18-12-20(35)28-30(18,2)11-9-23-31(3)10-8-19(34)25(38)24(31)21(36)13-32(23,28)40/h5-6,16-29,33-40H,7-15H2,1-4H3/b6-5+/t16?,17-,18+,19-,20+,21-,22+,23?,24?,25-,26+,27-,28?,29+,30+,31+,32-/m0/s1. The van der Waals surface area contributed by atoms with E-state index in [9.17, 15) is 40.9 Å². The molecule has 0 amide bonds. The molecule has 1 heterocycles. The third kappa shape index (κ3) is 5.65. The molecule has 0 radical (unpaired) electrons. The number of hydrogen-bond acceptors (Lipinski definition) is 11. The molecule has 0 bridgehead atoms. The molecule has 11 nitrogen and oxygen atoms in total. The summed E-state index contributed by atoms with van der Waals surface area (Å²) in [5.74, 6) is -1.01. The molecule has 1 saturated heterocycles. The lowest BCUT2D eigenvalue weighted by molar-refractivity contribution is -0.280. The predicted octanol–water partition coefficient (Wildman–Crippen LogP) is 0.0865. The molecule has 0 aromatic heterocycles. The summed E-state index contributed by atoms with van der Waals surface area (Å²) in [6.07, 6.45) is -1.06. The summed E-state index contributed by atoms with van der Waals surface area (Å²) >= 11 is 0. The highest BCUT2D eigenvalue weighted by atomic mass is 16.7. The van der Waals surface area contributed by atoms with Gasteiger partial charge >= 0.3 is 0 Å². The molecular formula is C32H54O11. The second kappa shape index (κ2) is 12.5. The van der Waals surface area contributed by atoms with Crippen LogP contribution in [0.25, 0.3) is 0 Å². The Hall–Kier alpha value is -0.700. The van der Waals surface area contributed by atoms with Gasteiger partial charge in [0.15, 0.2) is 6.29 Å². The van der Waals surface area contributed by atoms with Gasteiger partial charge in [-0.2, -0.15) is 0 Å². The van der Waals surface area contributed by atoms with Crippen molar-refractivity contribution in [3.63, 3.8) is 0 Å². The van der Waals surface area contributed by atoms with Gasteiger partial charge < -0.3 is 55.1 Å². The van der Waals surface area contributed by atoms with Crippen LogP contribution in [0.5, 0.6) is 0 Å². The monoisotopic (exact) mass is 614 g/mol. The van der Waals surface area contributed by atoms with Crippen molar-refractivity contribution in [3.8, 4) is 0 Å². The minimum Gasteiger partial charge on any atom is -0.393 e. The second-order valence-corrected chi connectivity index (χ2v) is 14.8. The Labute approximate surface area is 254 Å². The molecule has 0 spiro atoms. The van der Waals surface area contributed by atoms with Gasteiger partial charge in [-0.1, -0.05) is 32.9 Å². The van der Waals surface area contributed by atoms with Crippen molar-refractivity contribution in [1.82, 2.24) is 0 Å². The summed E-state index contributed by atoms with van der Waals surface area (Å²) in [6.45, 7) is 6.17. The Morgan fingerprint density at radius 1 is 0.930 bits per heavy atom. The quantitative estimate of drug-likeness (QED) is 0.173. The van der Waals surface area contributed by atoms with Crippen LogP contribution < -0.4 is 0 Å². The summed E-state index contributed by atoms with van der Waals surface area (Å²) in [6, 6.07) is 0. The van der Waals surface area contributed by atoms with Gasteiger partial charge in [-0.15, -0.1) is 0 Å². The number of rotatable bonds is 8. The summed E-state index contributed by atoms with van der Waals surface area (Å²) in [5, 5.41) is 87.1. The van der Waals surface area contributed by atoms with Crippen LogP contribution in [0.15, 0.2) is 12.2 Å². The lowest BCUT2D eigenvalue weighted by Crippen LogP contribution is -2.70. The highest BCUT2D eigenvalue weighted by Crippen LogP contribution is 2.69. The molecule has 8 N–H and O–H groups in total. The van der Waals surface area contributed by atoms with Crippen LogP contribution in [-0.4, -0.2) is 122 Å². The van der Waals surface area contributed by atoms with E-state index in [1.54, 1.807) is 0 Å². The van der Waals surface area contributed by atoms with Crippen LogP contribution in [0.4, 0.5) is 0 Å². The number of aliphatic hydroxyl groups is 8. The van der Waals surface area contributed by atoms with Crippen molar-refractivity contribution in [2.24, 2.45) is 40.4 Å².